The van der Waals surface area contributed by atoms with Gasteiger partial charge in [-0.2, -0.15) is 4.98 Å². The van der Waals surface area contributed by atoms with E-state index in [0.717, 1.165) is 36.7 Å². The number of hydrogen-bond acceptors (Lipinski definition) is 6. The molecule has 0 atom stereocenters. The molecule has 0 saturated carbocycles. The Morgan fingerprint density at radius 1 is 1.07 bits per heavy atom. The van der Waals surface area contributed by atoms with Gasteiger partial charge < -0.3 is 15.0 Å². The van der Waals surface area contributed by atoms with Crippen LogP contribution < -0.4 is 10.2 Å². The Balaban J connectivity index is 1.57. The van der Waals surface area contributed by atoms with E-state index in [9.17, 15) is 4.79 Å². The third kappa shape index (κ3) is 3.81. The van der Waals surface area contributed by atoms with Crippen LogP contribution in [0.5, 0.6) is 0 Å². The summed E-state index contributed by atoms with van der Waals surface area (Å²) in [4.78, 5) is 23.2. The number of rotatable bonds is 4. The standard InChI is InChI=1S/C22H22N4O2/c1-15-12-20(26-11-10-16-6-3-4-7-18(16)14-26)25-22(23-15)24-19-9-5-8-17(13-19)21(27)28-2/h3-9,12-13H,10-11,14H2,1-2H3,(H,23,24,25). The highest BCUT2D eigenvalue weighted by Crippen LogP contribution is 2.25. The molecule has 0 bridgehead atoms. The topological polar surface area (TPSA) is 67.3 Å². The Kier molecular flexibility index (Phi) is 4.93. The van der Waals surface area contributed by atoms with Gasteiger partial charge in [0.2, 0.25) is 5.95 Å². The zero-order valence-corrected chi connectivity index (χ0v) is 16.0. The lowest BCUT2D eigenvalue weighted by Crippen LogP contribution is -2.31. The first-order chi connectivity index (χ1) is 13.6. The highest BCUT2D eigenvalue weighted by molar-refractivity contribution is 5.90. The molecule has 6 heteroatoms. The molecule has 1 aliphatic rings. The van der Waals surface area contributed by atoms with Crippen LogP contribution in [0, 0.1) is 6.92 Å². The molecule has 2 heterocycles. The summed E-state index contributed by atoms with van der Waals surface area (Å²) in [6.45, 7) is 3.72. The van der Waals surface area contributed by atoms with Crippen LogP contribution in [0.25, 0.3) is 0 Å². The number of anilines is 3. The number of ether oxygens (including phenoxy) is 1. The van der Waals surface area contributed by atoms with Crippen LogP contribution in [-0.4, -0.2) is 29.6 Å². The van der Waals surface area contributed by atoms with Gasteiger partial charge in [-0.15, -0.1) is 0 Å². The monoisotopic (exact) mass is 374 g/mol. The third-order valence-corrected chi connectivity index (χ3v) is 4.84. The number of aryl methyl sites for hydroxylation is 1. The van der Waals surface area contributed by atoms with Crippen molar-refractivity contribution in [3.8, 4) is 0 Å². The summed E-state index contributed by atoms with van der Waals surface area (Å²) in [6.07, 6.45) is 1.00. The van der Waals surface area contributed by atoms with Crippen molar-refractivity contribution in [2.75, 3.05) is 23.9 Å². The third-order valence-electron chi connectivity index (χ3n) is 4.84. The summed E-state index contributed by atoms with van der Waals surface area (Å²) in [5.41, 5.74) is 4.85. The molecule has 2 aromatic carbocycles. The SMILES string of the molecule is COC(=O)c1cccc(Nc2nc(C)cc(N3CCc4ccccc4C3)n2)c1. The lowest BCUT2D eigenvalue weighted by atomic mass is 10.00. The van der Waals surface area contributed by atoms with Crippen LogP contribution in [0.4, 0.5) is 17.5 Å². The number of nitrogens with one attached hydrogen (secondary N) is 1. The largest absolute Gasteiger partial charge is 0.465 e. The summed E-state index contributed by atoms with van der Waals surface area (Å²) in [7, 11) is 1.37. The van der Waals surface area contributed by atoms with Crippen LogP contribution in [-0.2, 0) is 17.7 Å². The average molecular weight is 374 g/mol. The molecule has 0 fully saturated rings. The number of carbonyl (C=O) groups is 1. The quantitative estimate of drug-likeness (QED) is 0.699. The number of esters is 1. The number of methoxy groups -OCH3 is 1. The minimum atomic E-state index is -0.374. The van der Waals surface area contributed by atoms with Gasteiger partial charge >= 0.3 is 5.97 Å². The molecule has 4 rings (SSSR count). The Bertz CT molecular complexity index is 1020. The molecule has 6 nitrogen and oxygen atoms in total. The molecule has 1 N–H and O–H groups in total. The van der Waals surface area contributed by atoms with E-state index in [0.29, 0.717) is 11.5 Å². The van der Waals surface area contributed by atoms with Gasteiger partial charge in [0.25, 0.3) is 0 Å². The van der Waals surface area contributed by atoms with Crippen LogP contribution in [0.1, 0.15) is 27.2 Å². The Hall–Kier alpha value is -3.41. The number of nitrogens with zero attached hydrogens (tertiary/aromatic N) is 3. The highest BCUT2D eigenvalue weighted by Gasteiger charge is 2.18. The van der Waals surface area contributed by atoms with Crippen molar-refractivity contribution >= 4 is 23.4 Å². The van der Waals surface area contributed by atoms with Crippen LogP contribution in [0.2, 0.25) is 0 Å². The average Bonchev–Trinajstić information content (AvgIpc) is 2.72. The van der Waals surface area contributed by atoms with Crippen LogP contribution >= 0.6 is 0 Å². The van der Waals surface area contributed by atoms with Gasteiger partial charge in [-0.3, -0.25) is 0 Å². The molecule has 3 aromatic rings. The van der Waals surface area contributed by atoms with Crippen molar-refractivity contribution in [1.82, 2.24) is 9.97 Å². The molecular formula is C22H22N4O2. The molecule has 0 aliphatic carbocycles. The Labute approximate surface area is 164 Å². The first kappa shape index (κ1) is 18.0. The minimum Gasteiger partial charge on any atom is -0.465 e. The second-order valence-corrected chi connectivity index (χ2v) is 6.83. The van der Waals surface area contributed by atoms with E-state index in [1.807, 2.05) is 19.1 Å². The van der Waals surface area contributed by atoms with Crippen molar-refractivity contribution in [3.63, 3.8) is 0 Å². The first-order valence-corrected chi connectivity index (χ1v) is 9.25. The molecule has 1 aromatic heterocycles. The first-order valence-electron chi connectivity index (χ1n) is 9.25. The highest BCUT2D eigenvalue weighted by atomic mass is 16.5. The van der Waals surface area contributed by atoms with Crippen molar-refractivity contribution in [2.45, 2.75) is 19.9 Å². The lowest BCUT2D eigenvalue weighted by molar-refractivity contribution is 0.0601. The van der Waals surface area contributed by atoms with Gasteiger partial charge in [0.1, 0.15) is 5.82 Å². The van der Waals surface area contributed by atoms with E-state index in [1.165, 1.54) is 18.2 Å². The van der Waals surface area contributed by atoms with Crippen molar-refractivity contribution in [3.05, 3.63) is 77.0 Å². The maximum absolute atomic E-state index is 11.7. The normalized spacial score (nSPS) is 13.0. The van der Waals surface area contributed by atoms with E-state index < -0.39 is 0 Å². The molecule has 1 aliphatic heterocycles. The summed E-state index contributed by atoms with van der Waals surface area (Å²) < 4.78 is 4.78. The zero-order valence-electron chi connectivity index (χ0n) is 16.0. The maximum atomic E-state index is 11.7. The Morgan fingerprint density at radius 2 is 1.89 bits per heavy atom. The second kappa shape index (κ2) is 7.68. The Morgan fingerprint density at radius 3 is 2.71 bits per heavy atom. The van der Waals surface area contributed by atoms with Crippen molar-refractivity contribution in [1.29, 1.82) is 0 Å². The fourth-order valence-electron chi connectivity index (χ4n) is 3.43. The maximum Gasteiger partial charge on any atom is 0.337 e. The van der Waals surface area contributed by atoms with Crippen LogP contribution in [0.15, 0.2) is 54.6 Å². The minimum absolute atomic E-state index is 0.374. The van der Waals surface area contributed by atoms with E-state index in [2.05, 4.69) is 39.5 Å². The molecule has 142 valence electrons. The number of fused-ring (bicyclic) bond motifs is 1. The molecule has 0 saturated heterocycles. The smallest absolute Gasteiger partial charge is 0.337 e. The van der Waals surface area contributed by atoms with Gasteiger partial charge in [-0.25, -0.2) is 9.78 Å². The molecule has 0 radical (unpaired) electrons. The molecule has 28 heavy (non-hydrogen) atoms. The summed E-state index contributed by atoms with van der Waals surface area (Å²) in [5.74, 6) is 1.03. The van der Waals surface area contributed by atoms with E-state index in [-0.39, 0.29) is 5.97 Å². The van der Waals surface area contributed by atoms with Gasteiger partial charge in [-0.05, 0) is 42.7 Å². The fraction of sp³-hybridized carbons (Fsp3) is 0.227. The van der Waals surface area contributed by atoms with Gasteiger partial charge in [0, 0.05) is 30.5 Å². The second-order valence-electron chi connectivity index (χ2n) is 6.83. The van der Waals surface area contributed by atoms with Gasteiger partial charge in [-0.1, -0.05) is 30.3 Å². The zero-order chi connectivity index (χ0) is 19.5. The molecule has 0 amide bonds. The number of benzene rings is 2. The van der Waals surface area contributed by atoms with Crippen LogP contribution in [0.3, 0.4) is 0 Å². The van der Waals surface area contributed by atoms with Crippen molar-refractivity contribution < 1.29 is 9.53 Å². The number of aromatic nitrogens is 2. The van der Waals surface area contributed by atoms with Gasteiger partial charge in [0.05, 0.1) is 12.7 Å². The predicted molar refractivity (Wildman–Crippen MR) is 109 cm³/mol. The van der Waals surface area contributed by atoms with Crippen molar-refractivity contribution in [2.24, 2.45) is 0 Å². The molecule has 0 unspecified atom stereocenters. The number of hydrogen-bond donors (Lipinski definition) is 1. The fourth-order valence-corrected chi connectivity index (χ4v) is 3.43. The summed E-state index contributed by atoms with van der Waals surface area (Å²) >= 11 is 0. The molecule has 0 spiro atoms. The lowest BCUT2D eigenvalue weighted by Gasteiger charge is -2.30. The molecular weight excluding hydrogens is 352 g/mol. The summed E-state index contributed by atoms with van der Waals surface area (Å²) in [5, 5.41) is 3.21. The summed E-state index contributed by atoms with van der Waals surface area (Å²) in [6, 6.07) is 17.7. The van der Waals surface area contributed by atoms with E-state index >= 15 is 0 Å². The van der Waals surface area contributed by atoms with E-state index in [1.54, 1.807) is 18.2 Å². The van der Waals surface area contributed by atoms with Gasteiger partial charge in [0.15, 0.2) is 0 Å². The van der Waals surface area contributed by atoms with E-state index in [4.69, 9.17) is 9.72 Å². The number of carbonyl (C=O) groups excluding carboxylic acids is 1. The predicted octanol–water partition coefficient (Wildman–Crippen LogP) is 3.88.